The number of nitrogens with zero attached hydrogens (tertiary/aromatic N) is 6. The van der Waals surface area contributed by atoms with Crippen LogP contribution in [0.5, 0.6) is 11.8 Å². The summed E-state index contributed by atoms with van der Waals surface area (Å²) >= 11 is 0. The molecule has 5 fully saturated rings. The Morgan fingerprint density at radius 2 is 1.81 bits per heavy atom. The number of ether oxygens (including phenoxy) is 3. The average molecular weight is 799 g/mol. The molecule has 2 aromatic heterocycles. The number of hydrogen-bond donors (Lipinski definition) is 1. The number of piperazine rings is 1. The predicted molar refractivity (Wildman–Crippen MR) is 208 cm³/mol. The second kappa shape index (κ2) is 15.1. The van der Waals surface area contributed by atoms with Crippen LogP contribution in [0.2, 0.25) is 0 Å². The second-order valence-corrected chi connectivity index (χ2v) is 16.5. The van der Waals surface area contributed by atoms with Gasteiger partial charge in [-0.1, -0.05) is 31.2 Å². The highest BCUT2D eigenvalue weighted by atomic mass is 19.1. The lowest BCUT2D eigenvalue weighted by molar-refractivity contribution is -0.172. The number of alkyl halides is 1. The monoisotopic (exact) mass is 798 g/mol. The number of anilines is 1. The van der Waals surface area contributed by atoms with Gasteiger partial charge in [0.05, 0.1) is 34.5 Å². The van der Waals surface area contributed by atoms with Crippen molar-refractivity contribution in [1.82, 2.24) is 24.8 Å². The molecule has 4 saturated heterocycles. The molecular formula is C43H45F3N6O6. The Hall–Kier alpha value is -5.36. The highest BCUT2D eigenvalue weighted by Gasteiger charge is 2.50. The van der Waals surface area contributed by atoms with Crippen LogP contribution in [0.1, 0.15) is 76.7 Å². The van der Waals surface area contributed by atoms with Crippen LogP contribution in [-0.2, 0) is 14.3 Å². The number of carbonyl (C=O) groups excluding carboxylic acids is 2. The quantitative estimate of drug-likeness (QED) is 0.112. The summed E-state index contributed by atoms with van der Waals surface area (Å²) in [5.41, 5.74) is -0.892. The summed E-state index contributed by atoms with van der Waals surface area (Å²) in [7, 11) is 0. The van der Waals surface area contributed by atoms with Gasteiger partial charge >= 0.3 is 18.1 Å². The molecule has 1 aliphatic carbocycles. The first kappa shape index (κ1) is 38.2. The number of terminal acetylenes is 1. The molecule has 6 heterocycles. The van der Waals surface area contributed by atoms with Crippen LogP contribution in [0.4, 0.5) is 23.8 Å². The van der Waals surface area contributed by atoms with E-state index < -0.39 is 35.7 Å². The van der Waals surface area contributed by atoms with Gasteiger partial charge in [0.2, 0.25) is 6.29 Å². The number of pyridine rings is 1. The highest BCUT2D eigenvalue weighted by molar-refractivity contribution is 6.03. The molecule has 4 aromatic rings. The Balaban J connectivity index is 1.04. The summed E-state index contributed by atoms with van der Waals surface area (Å²) < 4.78 is 64.3. The Morgan fingerprint density at radius 1 is 1.03 bits per heavy atom. The summed E-state index contributed by atoms with van der Waals surface area (Å²) in [6.07, 6.45) is 12.5. The minimum atomic E-state index is -1.05. The minimum absolute atomic E-state index is 0.0775. The molecule has 1 N–H and O–H groups in total. The molecule has 0 spiro atoms. The first-order valence-corrected chi connectivity index (χ1v) is 20.3. The zero-order valence-corrected chi connectivity index (χ0v) is 32.3. The van der Waals surface area contributed by atoms with Crippen molar-refractivity contribution < 1.29 is 42.1 Å². The van der Waals surface area contributed by atoms with Gasteiger partial charge in [0.15, 0.2) is 5.82 Å². The Labute approximate surface area is 333 Å². The molecule has 2 aromatic carbocycles. The van der Waals surface area contributed by atoms with Gasteiger partial charge in [0.25, 0.3) is 0 Å². The summed E-state index contributed by atoms with van der Waals surface area (Å²) in [6.45, 7) is 3.38. The van der Waals surface area contributed by atoms with E-state index in [-0.39, 0.29) is 75.4 Å². The molecule has 1 amide bonds. The zero-order valence-electron chi connectivity index (χ0n) is 32.3. The number of hydrogen-bond acceptors (Lipinski definition) is 11. The largest absolute Gasteiger partial charge is 0.508 e. The SMILES string of the molecule is C#Cc1c(F)ccc2cc(O)cc(-c3ncc4c(N5CC6CCC(C5)N6C(=O)OC(C)OC(=O)C5CCCCC5)nc(OC[C@@]56CCCN5C[C@H](F)C6)nc4c3F)c12. The van der Waals surface area contributed by atoms with Crippen molar-refractivity contribution in [2.75, 3.05) is 37.7 Å². The van der Waals surface area contributed by atoms with Gasteiger partial charge in [0.1, 0.15) is 41.4 Å². The van der Waals surface area contributed by atoms with E-state index in [1.54, 1.807) is 11.8 Å². The highest BCUT2D eigenvalue weighted by Crippen LogP contribution is 2.43. The maximum absolute atomic E-state index is 17.1. The third kappa shape index (κ3) is 6.78. The molecule has 1 saturated carbocycles. The zero-order chi connectivity index (χ0) is 40.3. The van der Waals surface area contributed by atoms with Crippen molar-refractivity contribution in [2.24, 2.45) is 5.92 Å². The number of rotatable bonds is 8. The van der Waals surface area contributed by atoms with Crippen molar-refractivity contribution >= 4 is 39.6 Å². The number of aromatic hydroxyl groups is 1. The molecule has 5 atom stereocenters. The molecule has 5 aliphatic rings. The van der Waals surface area contributed by atoms with Crippen molar-refractivity contribution in [3.8, 4) is 35.4 Å². The number of halogens is 3. The fourth-order valence-corrected chi connectivity index (χ4v) is 10.1. The molecule has 15 heteroatoms. The van der Waals surface area contributed by atoms with Crippen LogP contribution in [0, 0.1) is 29.9 Å². The second-order valence-electron chi connectivity index (χ2n) is 16.5. The van der Waals surface area contributed by atoms with Gasteiger partial charge in [-0.15, -0.1) is 6.42 Å². The fraction of sp³-hybridized carbons (Fsp3) is 0.512. The first-order chi connectivity index (χ1) is 28.0. The molecule has 9 rings (SSSR count). The third-order valence-electron chi connectivity index (χ3n) is 12.8. The van der Waals surface area contributed by atoms with E-state index in [1.165, 1.54) is 30.5 Å². The minimum Gasteiger partial charge on any atom is -0.508 e. The van der Waals surface area contributed by atoms with Gasteiger partial charge in [-0.25, -0.2) is 18.0 Å². The standard InChI is InChI=1S/C43H45F3N6O6/c1-3-31-34(45)13-10-26-16-30(53)17-32(35(26)31)37-36(46)38-33(19-47-37)39(49-41(48-38)56-23-43-14-7-15-51(43)20-27(44)18-43)50-21-28-11-12-29(22-50)52(28)42(55)58-24(2)57-40(54)25-8-5-4-6-9-25/h1,10,13,16-17,19,24-25,27-29,53H,4-9,11-12,14-15,18,20-23H2,2H3/t24?,27-,28?,29?,43+/m1/s1. The Bertz CT molecular complexity index is 2320. The van der Waals surface area contributed by atoms with Crippen molar-refractivity contribution in [2.45, 2.75) is 101 Å². The van der Waals surface area contributed by atoms with Crippen molar-refractivity contribution in [3.63, 3.8) is 0 Å². The number of benzene rings is 2. The van der Waals surface area contributed by atoms with Gasteiger partial charge in [-0.2, -0.15) is 9.97 Å². The number of fused-ring (bicyclic) bond motifs is 5. The summed E-state index contributed by atoms with van der Waals surface area (Å²) in [5.74, 6) is 0.430. The van der Waals surface area contributed by atoms with Crippen molar-refractivity contribution in [1.29, 1.82) is 0 Å². The Kier molecular flexibility index (Phi) is 9.94. The van der Waals surface area contributed by atoms with Gasteiger partial charge in [-0.3, -0.25) is 19.6 Å². The molecule has 0 radical (unpaired) electrons. The number of esters is 1. The molecule has 58 heavy (non-hydrogen) atoms. The van der Waals surface area contributed by atoms with E-state index in [0.717, 1.165) is 51.5 Å². The lowest BCUT2D eigenvalue weighted by atomic mass is 9.89. The molecule has 4 aliphatic heterocycles. The Morgan fingerprint density at radius 3 is 2.57 bits per heavy atom. The predicted octanol–water partition coefficient (Wildman–Crippen LogP) is 7.02. The number of carbonyl (C=O) groups is 2. The fourth-order valence-electron chi connectivity index (χ4n) is 10.1. The lowest BCUT2D eigenvalue weighted by Gasteiger charge is -2.41. The van der Waals surface area contributed by atoms with E-state index in [9.17, 15) is 23.5 Å². The van der Waals surface area contributed by atoms with Crippen LogP contribution in [0.3, 0.4) is 0 Å². The van der Waals surface area contributed by atoms with Gasteiger partial charge < -0.3 is 24.2 Å². The van der Waals surface area contributed by atoms with Gasteiger partial charge in [-0.05, 0) is 68.7 Å². The van der Waals surface area contributed by atoms with E-state index in [0.29, 0.717) is 50.1 Å². The molecule has 2 bridgehead atoms. The number of aromatic nitrogens is 3. The van der Waals surface area contributed by atoms with Gasteiger partial charge in [0, 0.05) is 50.1 Å². The van der Waals surface area contributed by atoms with Crippen molar-refractivity contribution in [3.05, 3.63) is 47.7 Å². The van der Waals surface area contributed by atoms with E-state index in [4.69, 9.17) is 25.6 Å². The van der Waals surface area contributed by atoms with Crippen LogP contribution in [0.15, 0.2) is 30.5 Å². The third-order valence-corrected chi connectivity index (χ3v) is 12.8. The smallest absolute Gasteiger partial charge is 0.413 e. The maximum atomic E-state index is 17.1. The maximum Gasteiger partial charge on any atom is 0.413 e. The summed E-state index contributed by atoms with van der Waals surface area (Å²) in [4.78, 5) is 45.9. The normalized spacial score (nSPS) is 25.2. The number of phenolic OH excluding ortho intramolecular Hbond substituents is 1. The number of amides is 1. The molecule has 3 unspecified atom stereocenters. The van der Waals surface area contributed by atoms with Crippen LogP contribution in [-0.4, -0.2) is 105 Å². The van der Waals surface area contributed by atoms with Crippen LogP contribution >= 0.6 is 0 Å². The van der Waals surface area contributed by atoms with E-state index in [2.05, 4.69) is 20.8 Å². The average Bonchev–Trinajstić information content (AvgIpc) is 3.83. The lowest BCUT2D eigenvalue weighted by Crippen LogP contribution is -2.56. The van der Waals surface area contributed by atoms with Crippen LogP contribution < -0.4 is 9.64 Å². The van der Waals surface area contributed by atoms with E-state index >= 15 is 4.39 Å². The summed E-state index contributed by atoms with van der Waals surface area (Å²) in [6, 6.07) is 4.64. The number of phenols is 1. The molecule has 12 nitrogen and oxygen atoms in total. The van der Waals surface area contributed by atoms with E-state index in [1.807, 2.05) is 4.90 Å². The molecule has 304 valence electrons. The van der Waals surface area contributed by atoms with Crippen LogP contribution in [0.25, 0.3) is 32.9 Å². The topological polar surface area (TPSA) is 130 Å². The molecular weight excluding hydrogens is 754 g/mol. The summed E-state index contributed by atoms with van der Waals surface area (Å²) in [5, 5.41) is 11.5. The first-order valence-electron chi connectivity index (χ1n) is 20.3.